The van der Waals surface area contributed by atoms with E-state index in [9.17, 15) is 0 Å². The van der Waals surface area contributed by atoms with Crippen LogP contribution in [0.5, 0.6) is 0 Å². The van der Waals surface area contributed by atoms with Crippen LogP contribution in [0, 0.1) is 0 Å². The molecule has 0 saturated carbocycles. The molecule has 0 amide bonds. The van der Waals surface area contributed by atoms with Gasteiger partial charge >= 0.3 is 0 Å². The van der Waals surface area contributed by atoms with Crippen LogP contribution in [0.1, 0.15) is 29.3 Å². The van der Waals surface area contributed by atoms with Gasteiger partial charge in [0.15, 0.2) is 5.58 Å². The molecule has 1 unspecified atom stereocenters. The molecule has 0 aliphatic carbocycles. The van der Waals surface area contributed by atoms with Crippen LogP contribution in [0.25, 0.3) is 11.1 Å². The summed E-state index contributed by atoms with van der Waals surface area (Å²) in [6.45, 7) is 2.12. The van der Waals surface area contributed by atoms with E-state index in [0.29, 0.717) is 5.89 Å². The van der Waals surface area contributed by atoms with E-state index in [1.807, 2.05) is 23.6 Å². The highest BCUT2D eigenvalue weighted by Crippen LogP contribution is 2.26. The molecule has 92 valence electrons. The van der Waals surface area contributed by atoms with Gasteiger partial charge in [0.25, 0.3) is 0 Å². The van der Waals surface area contributed by atoms with E-state index in [4.69, 9.17) is 10.2 Å². The first-order valence-corrected chi connectivity index (χ1v) is 6.84. The Balaban J connectivity index is 2.03. The predicted octanol–water partition coefficient (Wildman–Crippen LogP) is 3.50. The number of hydrogen-bond donors (Lipinski definition) is 1. The van der Waals surface area contributed by atoms with Gasteiger partial charge in [-0.3, -0.25) is 0 Å². The Morgan fingerprint density at radius 3 is 3.00 bits per heavy atom. The van der Waals surface area contributed by atoms with Crippen molar-refractivity contribution in [3.8, 4) is 0 Å². The van der Waals surface area contributed by atoms with Gasteiger partial charge in [-0.05, 0) is 35.6 Å². The van der Waals surface area contributed by atoms with Crippen molar-refractivity contribution in [2.24, 2.45) is 5.73 Å². The molecule has 2 N–H and O–H groups in total. The molecule has 0 fully saturated rings. The van der Waals surface area contributed by atoms with Crippen LogP contribution in [0.3, 0.4) is 0 Å². The third kappa shape index (κ3) is 1.94. The van der Waals surface area contributed by atoms with Crippen molar-refractivity contribution in [3.63, 3.8) is 0 Å². The average Bonchev–Trinajstić information content (AvgIpc) is 3.05. The van der Waals surface area contributed by atoms with Crippen LogP contribution >= 0.6 is 11.3 Å². The lowest BCUT2D eigenvalue weighted by Crippen LogP contribution is -2.10. The van der Waals surface area contributed by atoms with Crippen LogP contribution < -0.4 is 5.73 Å². The molecule has 0 aliphatic heterocycles. The van der Waals surface area contributed by atoms with Crippen molar-refractivity contribution in [3.05, 3.63) is 52.0 Å². The Morgan fingerprint density at radius 2 is 2.28 bits per heavy atom. The highest BCUT2D eigenvalue weighted by Gasteiger charge is 2.16. The van der Waals surface area contributed by atoms with Crippen LogP contribution in [0.2, 0.25) is 0 Å². The third-order valence-electron chi connectivity index (χ3n) is 2.99. The number of aromatic nitrogens is 1. The van der Waals surface area contributed by atoms with Crippen molar-refractivity contribution < 1.29 is 4.42 Å². The Labute approximate surface area is 109 Å². The van der Waals surface area contributed by atoms with Crippen molar-refractivity contribution in [1.29, 1.82) is 0 Å². The molecule has 2 aromatic heterocycles. The van der Waals surface area contributed by atoms with Gasteiger partial charge < -0.3 is 10.2 Å². The maximum Gasteiger partial charge on any atom is 0.217 e. The SMILES string of the molecule is CCc1ccc2oc(C(N)c3cccs3)nc2c1. The predicted molar refractivity (Wildman–Crippen MR) is 73.7 cm³/mol. The Morgan fingerprint density at radius 1 is 1.39 bits per heavy atom. The van der Waals surface area contributed by atoms with Crippen LogP contribution in [-0.2, 0) is 6.42 Å². The molecule has 1 atom stereocenters. The van der Waals surface area contributed by atoms with Crippen molar-refractivity contribution in [2.75, 3.05) is 0 Å². The molecule has 2 heterocycles. The Kier molecular flexibility index (Phi) is 2.89. The highest BCUT2D eigenvalue weighted by atomic mass is 32.1. The zero-order chi connectivity index (χ0) is 12.5. The summed E-state index contributed by atoms with van der Waals surface area (Å²) in [6, 6.07) is 9.80. The average molecular weight is 258 g/mol. The first kappa shape index (κ1) is 11.4. The highest BCUT2D eigenvalue weighted by molar-refractivity contribution is 7.10. The van der Waals surface area contributed by atoms with Gasteiger partial charge in [-0.1, -0.05) is 19.1 Å². The van der Waals surface area contributed by atoms with Crippen molar-refractivity contribution >= 4 is 22.4 Å². The molecule has 3 nitrogen and oxygen atoms in total. The molecule has 18 heavy (non-hydrogen) atoms. The lowest BCUT2D eigenvalue weighted by atomic mass is 10.1. The molecule has 0 bridgehead atoms. The maximum absolute atomic E-state index is 6.15. The quantitative estimate of drug-likeness (QED) is 0.782. The zero-order valence-electron chi connectivity index (χ0n) is 10.1. The Bertz CT molecular complexity index is 658. The lowest BCUT2D eigenvalue weighted by molar-refractivity contribution is 0.507. The number of aryl methyl sites for hydroxylation is 1. The summed E-state index contributed by atoms with van der Waals surface area (Å²) in [7, 11) is 0. The largest absolute Gasteiger partial charge is 0.439 e. The summed E-state index contributed by atoms with van der Waals surface area (Å²) >= 11 is 1.62. The summed E-state index contributed by atoms with van der Waals surface area (Å²) in [5, 5.41) is 2.01. The molecular formula is C14H14N2OS. The molecule has 3 rings (SSSR count). The summed E-state index contributed by atoms with van der Waals surface area (Å²) in [4.78, 5) is 5.56. The zero-order valence-corrected chi connectivity index (χ0v) is 10.9. The van der Waals surface area contributed by atoms with Gasteiger partial charge in [0.2, 0.25) is 5.89 Å². The van der Waals surface area contributed by atoms with Gasteiger partial charge in [0.1, 0.15) is 11.6 Å². The number of hydrogen-bond acceptors (Lipinski definition) is 4. The number of nitrogens with zero attached hydrogens (tertiary/aromatic N) is 1. The van der Waals surface area contributed by atoms with E-state index >= 15 is 0 Å². The van der Waals surface area contributed by atoms with Crippen LogP contribution in [0.15, 0.2) is 40.1 Å². The minimum absolute atomic E-state index is 0.275. The molecule has 0 spiro atoms. The molecule has 4 heteroatoms. The summed E-state index contributed by atoms with van der Waals surface area (Å²) in [5.41, 5.74) is 9.09. The van der Waals surface area contributed by atoms with Crippen LogP contribution in [-0.4, -0.2) is 4.98 Å². The summed E-state index contributed by atoms with van der Waals surface area (Å²) < 4.78 is 5.72. The standard InChI is InChI=1S/C14H14N2OS/c1-2-9-5-6-11-10(8-9)16-14(17-11)13(15)12-4-3-7-18-12/h3-8,13H,2,15H2,1H3. The number of benzene rings is 1. The second kappa shape index (κ2) is 4.55. The number of thiophene rings is 1. The van der Waals surface area contributed by atoms with Gasteiger partial charge in [-0.15, -0.1) is 11.3 Å². The van der Waals surface area contributed by atoms with Crippen molar-refractivity contribution in [1.82, 2.24) is 4.98 Å². The van der Waals surface area contributed by atoms with Crippen molar-refractivity contribution in [2.45, 2.75) is 19.4 Å². The fourth-order valence-electron chi connectivity index (χ4n) is 1.93. The first-order valence-electron chi connectivity index (χ1n) is 5.96. The second-order valence-electron chi connectivity index (χ2n) is 4.20. The van der Waals surface area contributed by atoms with E-state index < -0.39 is 0 Å². The molecular weight excluding hydrogens is 244 g/mol. The first-order chi connectivity index (χ1) is 8.78. The van der Waals surface area contributed by atoms with Gasteiger partial charge in [0.05, 0.1) is 0 Å². The molecule has 0 saturated heterocycles. The molecule has 3 aromatic rings. The number of fused-ring (bicyclic) bond motifs is 1. The number of nitrogens with two attached hydrogens (primary N) is 1. The van der Waals surface area contributed by atoms with E-state index in [2.05, 4.69) is 24.0 Å². The van der Waals surface area contributed by atoms with Gasteiger partial charge in [-0.2, -0.15) is 0 Å². The minimum Gasteiger partial charge on any atom is -0.439 e. The fraction of sp³-hybridized carbons (Fsp3) is 0.214. The van der Waals surface area contributed by atoms with Crippen LogP contribution in [0.4, 0.5) is 0 Å². The topological polar surface area (TPSA) is 52.0 Å². The minimum atomic E-state index is -0.275. The summed E-state index contributed by atoms with van der Waals surface area (Å²) in [5.74, 6) is 0.584. The maximum atomic E-state index is 6.15. The number of rotatable bonds is 3. The summed E-state index contributed by atoms with van der Waals surface area (Å²) in [6.07, 6.45) is 0.995. The normalized spacial score (nSPS) is 13.0. The number of oxazole rings is 1. The second-order valence-corrected chi connectivity index (χ2v) is 5.18. The smallest absolute Gasteiger partial charge is 0.217 e. The fourth-order valence-corrected chi connectivity index (χ4v) is 2.65. The molecule has 1 aromatic carbocycles. The molecule has 0 aliphatic rings. The molecule has 0 radical (unpaired) electrons. The Hall–Kier alpha value is -1.65. The van der Waals surface area contributed by atoms with E-state index in [-0.39, 0.29) is 6.04 Å². The van der Waals surface area contributed by atoms with Gasteiger partial charge in [0, 0.05) is 4.88 Å². The lowest BCUT2D eigenvalue weighted by Gasteiger charge is -2.02. The van der Waals surface area contributed by atoms with E-state index in [0.717, 1.165) is 22.4 Å². The van der Waals surface area contributed by atoms with E-state index in [1.165, 1.54) is 5.56 Å². The monoisotopic (exact) mass is 258 g/mol. The van der Waals surface area contributed by atoms with Gasteiger partial charge in [-0.25, -0.2) is 4.98 Å². The third-order valence-corrected chi connectivity index (χ3v) is 3.95. The van der Waals surface area contributed by atoms with E-state index in [1.54, 1.807) is 11.3 Å².